The highest BCUT2D eigenvalue weighted by molar-refractivity contribution is 5.97. The lowest BCUT2D eigenvalue weighted by Crippen LogP contribution is -2.49. The van der Waals surface area contributed by atoms with E-state index in [9.17, 15) is 9.59 Å². The largest absolute Gasteiger partial charge is 0.496 e. The van der Waals surface area contributed by atoms with Crippen LogP contribution in [0.3, 0.4) is 0 Å². The first-order chi connectivity index (χ1) is 13.2. The number of methoxy groups -OCH3 is 1. The lowest BCUT2D eigenvalue weighted by Gasteiger charge is -2.27. The Hall–Kier alpha value is -2.83. The van der Waals surface area contributed by atoms with Crippen molar-refractivity contribution in [3.8, 4) is 5.75 Å². The Morgan fingerprint density at radius 3 is 2.74 bits per heavy atom. The molecule has 1 aliphatic rings. The van der Waals surface area contributed by atoms with Crippen LogP contribution in [0.15, 0.2) is 30.3 Å². The zero-order valence-corrected chi connectivity index (χ0v) is 15.9. The molecule has 1 aliphatic heterocycles. The average molecular weight is 370 g/mol. The van der Waals surface area contributed by atoms with Gasteiger partial charge in [0.05, 0.1) is 12.6 Å². The second-order valence-corrected chi connectivity index (χ2v) is 6.57. The molecule has 0 unspecified atom stereocenters. The average Bonchev–Trinajstić information content (AvgIpc) is 3.19. The number of ether oxygens (including phenoxy) is 1. The second-order valence-electron chi connectivity index (χ2n) is 6.57. The van der Waals surface area contributed by atoms with Crippen molar-refractivity contribution >= 4 is 22.8 Å². The maximum absolute atomic E-state index is 13.0. The highest BCUT2D eigenvalue weighted by Gasteiger charge is 2.32. The predicted octanol–water partition coefficient (Wildman–Crippen LogP) is 3.21. The van der Waals surface area contributed by atoms with Gasteiger partial charge in [-0.05, 0) is 25.0 Å². The number of hydrogen-bond donors (Lipinski definition) is 1. The first-order valence-electron chi connectivity index (χ1n) is 9.46. The predicted molar refractivity (Wildman–Crippen MR) is 104 cm³/mol. The molecular weight excluding hydrogens is 344 g/mol. The maximum atomic E-state index is 13.0. The van der Waals surface area contributed by atoms with Gasteiger partial charge in [-0.3, -0.25) is 4.79 Å². The van der Waals surface area contributed by atoms with Gasteiger partial charge in [0, 0.05) is 31.1 Å². The molecule has 2 heterocycles. The van der Waals surface area contributed by atoms with Crippen molar-refractivity contribution in [1.82, 2.24) is 20.3 Å². The zero-order chi connectivity index (χ0) is 19.2. The summed E-state index contributed by atoms with van der Waals surface area (Å²) in [7, 11) is 1.57. The summed E-state index contributed by atoms with van der Waals surface area (Å²) in [5.74, 6) is 0.305. The van der Waals surface area contributed by atoms with Crippen molar-refractivity contribution in [2.45, 2.75) is 32.6 Å². The number of pyridine rings is 1. The van der Waals surface area contributed by atoms with Crippen LogP contribution in [0.5, 0.6) is 5.75 Å². The Balaban J connectivity index is 1.78. The minimum absolute atomic E-state index is 0.232. The molecule has 1 saturated heterocycles. The molecule has 7 nitrogen and oxygen atoms in total. The summed E-state index contributed by atoms with van der Waals surface area (Å²) in [4.78, 5) is 30.0. The number of urea groups is 1. The van der Waals surface area contributed by atoms with Crippen LogP contribution in [0.25, 0.3) is 10.9 Å². The molecule has 144 valence electrons. The van der Waals surface area contributed by atoms with Crippen LogP contribution in [0, 0.1) is 0 Å². The number of hydrazine groups is 1. The van der Waals surface area contributed by atoms with Crippen molar-refractivity contribution in [1.29, 1.82) is 0 Å². The Morgan fingerprint density at radius 2 is 1.96 bits per heavy atom. The topological polar surface area (TPSA) is 74.8 Å². The molecule has 0 aliphatic carbocycles. The van der Waals surface area contributed by atoms with Gasteiger partial charge in [0.25, 0.3) is 5.91 Å². The van der Waals surface area contributed by atoms with Gasteiger partial charge in [0.2, 0.25) is 0 Å². The Morgan fingerprint density at radius 1 is 1.19 bits per heavy atom. The number of unbranched alkanes of at least 4 members (excludes halogenated alkanes) is 2. The van der Waals surface area contributed by atoms with Gasteiger partial charge in [-0.2, -0.15) is 0 Å². The lowest BCUT2D eigenvalue weighted by molar-refractivity contribution is 0.0371. The van der Waals surface area contributed by atoms with E-state index in [4.69, 9.17) is 4.74 Å². The Bertz CT molecular complexity index is 824. The van der Waals surface area contributed by atoms with Crippen molar-refractivity contribution in [2.75, 3.05) is 26.7 Å². The molecule has 0 radical (unpaired) electrons. The third-order valence-corrected chi connectivity index (χ3v) is 4.67. The summed E-state index contributed by atoms with van der Waals surface area (Å²) >= 11 is 0. The van der Waals surface area contributed by atoms with Crippen LogP contribution >= 0.6 is 0 Å². The van der Waals surface area contributed by atoms with E-state index in [0.717, 1.165) is 31.1 Å². The first-order valence-corrected chi connectivity index (χ1v) is 9.46. The zero-order valence-electron chi connectivity index (χ0n) is 15.9. The van der Waals surface area contributed by atoms with Gasteiger partial charge in [-0.25, -0.2) is 19.8 Å². The number of para-hydroxylation sites is 1. The van der Waals surface area contributed by atoms with Crippen LogP contribution in [-0.2, 0) is 0 Å². The third kappa shape index (κ3) is 4.13. The maximum Gasteiger partial charge on any atom is 0.336 e. The highest BCUT2D eigenvalue weighted by Crippen LogP contribution is 2.26. The van der Waals surface area contributed by atoms with Gasteiger partial charge >= 0.3 is 6.03 Å². The Labute approximate surface area is 159 Å². The summed E-state index contributed by atoms with van der Waals surface area (Å²) in [6.45, 7) is 3.76. The number of nitrogens with zero attached hydrogens (tertiary/aromatic N) is 3. The first kappa shape index (κ1) is 18.9. The molecule has 3 rings (SSSR count). The standard InChI is InChI=1S/C20H26N4O3/c1-3-4-7-11-21-20(26)24-13-8-12-23(24)19(25)17-14-18(27-2)15-9-5-6-10-16(15)22-17/h5-6,9-10,14H,3-4,7-8,11-13H2,1-2H3,(H,21,26). The normalized spacial score (nSPS) is 13.9. The van der Waals surface area contributed by atoms with E-state index in [-0.39, 0.29) is 17.6 Å². The quantitative estimate of drug-likeness (QED) is 0.793. The van der Waals surface area contributed by atoms with Gasteiger partial charge in [0.15, 0.2) is 0 Å². The van der Waals surface area contributed by atoms with Crippen LogP contribution in [0.4, 0.5) is 4.79 Å². The molecule has 0 saturated carbocycles. The van der Waals surface area contributed by atoms with E-state index in [1.54, 1.807) is 13.2 Å². The minimum atomic E-state index is -0.291. The van der Waals surface area contributed by atoms with E-state index in [0.29, 0.717) is 30.9 Å². The molecule has 7 heteroatoms. The monoisotopic (exact) mass is 370 g/mol. The van der Waals surface area contributed by atoms with Crippen LogP contribution < -0.4 is 10.1 Å². The number of fused-ring (bicyclic) bond motifs is 1. The number of carbonyl (C=O) groups excluding carboxylic acids is 2. The van der Waals surface area contributed by atoms with Crippen LogP contribution in [0.1, 0.15) is 43.1 Å². The number of hydrogen-bond acceptors (Lipinski definition) is 4. The number of benzene rings is 1. The van der Waals surface area contributed by atoms with Crippen molar-refractivity contribution in [3.05, 3.63) is 36.0 Å². The molecule has 3 amide bonds. The fourth-order valence-electron chi connectivity index (χ4n) is 3.25. The second kappa shape index (κ2) is 8.70. The molecular formula is C20H26N4O3. The van der Waals surface area contributed by atoms with Gasteiger partial charge in [-0.1, -0.05) is 31.9 Å². The van der Waals surface area contributed by atoms with Gasteiger partial charge < -0.3 is 10.1 Å². The molecule has 2 aromatic rings. The number of amides is 3. The number of aromatic nitrogens is 1. The summed E-state index contributed by atoms with van der Waals surface area (Å²) < 4.78 is 5.43. The fraction of sp³-hybridized carbons (Fsp3) is 0.450. The van der Waals surface area contributed by atoms with E-state index in [1.165, 1.54) is 10.0 Å². The van der Waals surface area contributed by atoms with E-state index in [1.807, 2.05) is 24.3 Å². The van der Waals surface area contributed by atoms with E-state index in [2.05, 4.69) is 17.2 Å². The van der Waals surface area contributed by atoms with Crippen molar-refractivity contribution < 1.29 is 14.3 Å². The van der Waals surface area contributed by atoms with Crippen LogP contribution in [0.2, 0.25) is 0 Å². The molecule has 1 aromatic heterocycles. The van der Waals surface area contributed by atoms with Crippen molar-refractivity contribution in [2.24, 2.45) is 0 Å². The highest BCUT2D eigenvalue weighted by atomic mass is 16.5. The van der Waals surface area contributed by atoms with Gasteiger partial charge in [0.1, 0.15) is 11.4 Å². The molecule has 0 atom stereocenters. The summed E-state index contributed by atoms with van der Waals surface area (Å²) in [6, 6.07) is 8.93. The molecule has 1 fully saturated rings. The smallest absolute Gasteiger partial charge is 0.336 e. The van der Waals surface area contributed by atoms with E-state index >= 15 is 0 Å². The molecule has 0 spiro atoms. The number of carbonyl (C=O) groups is 2. The Kier molecular flexibility index (Phi) is 6.11. The molecule has 1 aromatic carbocycles. The summed E-state index contributed by atoms with van der Waals surface area (Å²) in [6.07, 6.45) is 3.86. The van der Waals surface area contributed by atoms with Crippen molar-refractivity contribution in [3.63, 3.8) is 0 Å². The summed E-state index contributed by atoms with van der Waals surface area (Å²) in [5.41, 5.74) is 0.964. The number of rotatable bonds is 6. The number of nitrogens with one attached hydrogen (secondary N) is 1. The third-order valence-electron chi connectivity index (χ3n) is 4.67. The van der Waals surface area contributed by atoms with E-state index < -0.39 is 0 Å². The fourth-order valence-corrected chi connectivity index (χ4v) is 3.25. The molecule has 1 N–H and O–H groups in total. The lowest BCUT2D eigenvalue weighted by atomic mass is 10.1. The van der Waals surface area contributed by atoms with Crippen LogP contribution in [-0.4, -0.2) is 53.7 Å². The minimum Gasteiger partial charge on any atom is -0.496 e. The SMILES string of the molecule is CCCCCNC(=O)N1CCCN1C(=O)c1cc(OC)c2ccccc2n1. The molecule has 0 bridgehead atoms. The molecule has 27 heavy (non-hydrogen) atoms. The summed E-state index contributed by atoms with van der Waals surface area (Å²) in [5, 5.41) is 6.71. The van der Waals surface area contributed by atoms with Gasteiger partial charge in [-0.15, -0.1) is 0 Å².